The lowest BCUT2D eigenvalue weighted by Crippen LogP contribution is -2.22. The van der Waals surface area contributed by atoms with Crippen molar-refractivity contribution in [3.8, 4) is 16.3 Å². The molecule has 3 nitrogen and oxygen atoms in total. The van der Waals surface area contributed by atoms with Gasteiger partial charge in [0.15, 0.2) is 0 Å². The SMILES string of the molecule is Oc1cc(F)cc(-c2nc3c(s2)CNCC3)c1. The largest absolute Gasteiger partial charge is 0.508 e. The van der Waals surface area contributed by atoms with E-state index in [9.17, 15) is 9.50 Å². The molecule has 0 saturated carbocycles. The van der Waals surface area contributed by atoms with Crippen molar-refractivity contribution in [2.24, 2.45) is 0 Å². The Morgan fingerprint density at radius 3 is 3.00 bits per heavy atom. The molecule has 3 rings (SSSR count). The summed E-state index contributed by atoms with van der Waals surface area (Å²) in [6.07, 6.45) is 0.910. The Morgan fingerprint density at radius 1 is 1.35 bits per heavy atom. The third-order valence-electron chi connectivity index (χ3n) is 2.73. The molecule has 0 radical (unpaired) electrons. The first kappa shape index (κ1) is 10.7. The molecule has 1 aliphatic rings. The monoisotopic (exact) mass is 250 g/mol. The molecule has 1 aliphatic heterocycles. The molecular formula is C12H11FN2OS. The number of hydrogen-bond donors (Lipinski definition) is 2. The number of phenolic OH excluding ortho intramolecular Hbond substituents is 1. The first-order valence-corrected chi connectivity index (χ1v) is 6.23. The van der Waals surface area contributed by atoms with Crippen molar-refractivity contribution in [2.45, 2.75) is 13.0 Å². The Bertz CT molecular complexity index is 524. The third-order valence-corrected chi connectivity index (χ3v) is 3.88. The van der Waals surface area contributed by atoms with Crippen molar-refractivity contribution in [1.29, 1.82) is 0 Å². The second-order valence-corrected chi connectivity index (χ2v) is 5.10. The van der Waals surface area contributed by atoms with Gasteiger partial charge < -0.3 is 10.4 Å². The molecule has 2 N–H and O–H groups in total. The Hall–Kier alpha value is -1.46. The summed E-state index contributed by atoms with van der Waals surface area (Å²) in [5.74, 6) is -0.502. The fraction of sp³-hybridized carbons (Fsp3) is 0.250. The van der Waals surface area contributed by atoms with Crippen LogP contribution in [0.5, 0.6) is 5.75 Å². The molecule has 0 saturated heterocycles. The van der Waals surface area contributed by atoms with Gasteiger partial charge >= 0.3 is 0 Å². The predicted molar refractivity (Wildman–Crippen MR) is 64.6 cm³/mol. The van der Waals surface area contributed by atoms with Crippen molar-refractivity contribution in [2.75, 3.05) is 6.54 Å². The van der Waals surface area contributed by atoms with Crippen molar-refractivity contribution in [3.05, 3.63) is 34.6 Å². The Balaban J connectivity index is 2.05. The first-order valence-electron chi connectivity index (χ1n) is 5.41. The van der Waals surface area contributed by atoms with Gasteiger partial charge in [0.25, 0.3) is 0 Å². The summed E-state index contributed by atoms with van der Waals surface area (Å²) >= 11 is 1.55. The maximum absolute atomic E-state index is 13.2. The van der Waals surface area contributed by atoms with Crippen LogP contribution in [-0.2, 0) is 13.0 Å². The minimum atomic E-state index is -0.439. The molecule has 0 amide bonds. The van der Waals surface area contributed by atoms with E-state index in [0.29, 0.717) is 5.56 Å². The molecule has 0 aliphatic carbocycles. The van der Waals surface area contributed by atoms with Crippen LogP contribution in [0, 0.1) is 5.82 Å². The smallest absolute Gasteiger partial charge is 0.127 e. The lowest BCUT2D eigenvalue weighted by atomic mass is 10.2. The first-order chi connectivity index (χ1) is 8.22. The van der Waals surface area contributed by atoms with Gasteiger partial charge in [0, 0.05) is 36.0 Å². The highest BCUT2D eigenvalue weighted by Gasteiger charge is 2.16. The van der Waals surface area contributed by atoms with Gasteiger partial charge in [-0.3, -0.25) is 0 Å². The van der Waals surface area contributed by atoms with Crippen LogP contribution < -0.4 is 5.32 Å². The molecule has 5 heteroatoms. The maximum Gasteiger partial charge on any atom is 0.127 e. The average Bonchev–Trinajstić information content (AvgIpc) is 2.71. The van der Waals surface area contributed by atoms with Crippen molar-refractivity contribution in [1.82, 2.24) is 10.3 Å². The van der Waals surface area contributed by atoms with Crippen LogP contribution in [0.3, 0.4) is 0 Å². The number of fused-ring (bicyclic) bond motifs is 1. The summed E-state index contributed by atoms with van der Waals surface area (Å²) in [5, 5.41) is 13.4. The second kappa shape index (κ2) is 4.09. The number of hydrogen-bond acceptors (Lipinski definition) is 4. The highest BCUT2D eigenvalue weighted by molar-refractivity contribution is 7.15. The number of thiazole rings is 1. The van der Waals surface area contributed by atoms with Gasteiger partial charge in [-0.15, -0.1) is 11.3 Å². The van der Waals surface area contributed by atoms with Crippen LogP contribution in [-0.4, -0.2) is 16.6 Å². The molecule has 1 aromatic carbocycles. The van der Waals surface area contributed by atoms with Gasteiger partial charge in [-0.05, 0) is 12.1 Å². The molecule has 1 aromatic heterocycles. The highest BCUT2D eigenvalue weighted by Crippen LogP contribution is 2.31. The fourth-order valence-electron chi connectivity index (χ4n) is 1.95. The van der Waals surface area contributed by atoms with E-state index in [4.69, 9.17) is 0 Å². The van der Waals surface area contributed by atoms with Crippen LogP contribution in [0.2, 0.25) is 0 Å². The quantitative estimate of drug-likeness (QED) is 0.816. The van der Waals surface area contributed by atoms with Crippen LogP contribution in [0.4, 0.5) is 4.39 Å². The minimum Gasteiger partial charge on any atom is -0.508 e. The molecule has 17 heavy (non-hydrogen) atoms. The van der Waals surface area contributed by atoms with Crippen molar-refractivity contribution in [3.63, 3.8) is 0 Å². The summed E-state index contributed by atoms with van der Waals surface area (Å²) in [6.45, 7) is 1.76. The number of aromatic hydroxyl groups is 1. The molecule has 0 atom stereocenters. The zero-order chi connectivity index (χ0) is 11.8. The van der Waals surface area contributed by atoms with Crippen LogP contribution >= 0.6 is 11.3 Å². The van der Waals surface area contributed by atoms with Crippen LogP contribution in [0.1, 0.15) is 10.6 Å². The van der Waals surface area contributed by atoms with Gasteiger partial charge in [0.2, 0.25) is 0 Å². The zero-order valence-electron chi connectivity index (χ0n) is 9.03. The summed E-state index contributed by atoms with van der Waals surface area (Å²) < 4.78 is 13.2. The summed E-state index contributed by atoms with van der Waals surface area (Å²) in [7, 11) is 0. The molecule has 0 unspecified atom stereocenters. The van der Waals surface area contributed by atoms with E-state index in [-0.39, 0.29) is 5.75 Å². The normalized spacial score (nSPS) is 14.6. The number of phenols is 1. The summed E-state index contributed by atoms with van der Waals surface area (Å²) in [6, 6.07) is 4.04. The third kappa shape index (κ3) is 2.03. The number of aromatic nitrogens is 1. The Labute approximate surface area is 102 Å². The summed E-state index contributed by atoms with van der Waals surface area (Å²) in [5.41, 5.74) is 1.73. The molecular weight excluding hydrogens is 239 g/mol. The van der Waals surface area contributed by atoms with Gasteiger partial charge in [-0.1, -0.05) is 0 Å². The second-order valence-electron chi connectivity index (χ2n) is 4.01. The van der Waals surface area contributed by atoms with Crippen molar-refractivity contribution >= 4 is 11.3 Å². The van der Waals surface area contributed by atoms with Crippen molar-refractivity contribution < 1.29 is 9.50 Å². The number of benzene rings is 1. The van der Waals surface area contributed by atoms with Crippen LogP contribution in [0.25, 0.3) is 10.6 Å². The van der Waals surface area contributed by atoms with E-state index in [2.05, 4.69) is 10.3 Å². The van der Waals surface area contributed by atoms with Gasteiger partial charge in [0.05, 0.1) is 5.69 Å². The Morgan fingerprint density at radius 2 is 2.24 bits per heavy atom. The lowest BCUT2D eigenvalue weighted by Gasteiger charge is -2.09. The number of halogens is 1. The van der Waals surface area contributed by atoms with Gasteiger partial charge in [-0.2, -0.15) is 0 Å². The minimum absolute atomic E-state index is 0.0636. The van der Waals surface area contributed by atoms with E-state index in [1.807, 2.05) is 0 Å². The van der Waals surface area contributed by atoms with E-state index in [0.717, 1.165) is 36.3 Å². The summed E-state index contributed by atoms with van der Waals surface area (Å²) in [4.78, 5) is 5.71. The highest BCUT2D eigenvalue weighted by atomic mass is 32.1. The van der Waals surface area contributed by atoms with Crippen LogP contribution in [0.15, 0.2) is 18.2 Å². The standard InChI is InChI=1S/C12H11FN2OS/c13-8-3-7(4-9(16)5-8)12-15-10-1-2-14-6-11(10)17-12/h3-5,14,16H,1-2,6H2. The van der Waals surface area contributed by atoms with E-state index < -0.39 is 5.82 Å². The average molecular weight is 250 g/mol. The lowest BCUT2D eigenvalue weighted by molar-refractivity contribution is 0.469. The van der Waals surface area contributed by atoms with Gasteiger partial charge in [0.1, 0.15) is 16.6 Å². The number of rotatable bonds is 1. The van der Waals surface area contributed by atoms with E-state index in [1.54, 1.807) is 17.4 Å². The maximum atomic E-state index is 13.2. The number of nitrogens with one attached hydrogen (secondary N) is 1. The molecule has 2 heterocycles. The molecule has 88 valence electrons. The molecule has 0 bridgehead atoms. The zero-order valence-corrected chi connectivity index (χ0v) is 9.85. The molecule has 2 aromatic rings. The molecule has 0 spiro atoms. The predicted octanol–water partition coefficient (Wildman–Crippen LogP) is 2.30. The van der Waals surface area contributed by atoms with E-state index >= 15 is 0 Å². The molecule has 0 fully saturated rings. The Kier molecular flexibility index (Phi) is 2.57. The fourth-order valence-corrected chi connectivity index (χ4v) is 3.01. The topological polar surface area (TPSA) is 45.2 Å². The number of nitrogens with zero attached hydrogens (tertiary/aromatic N) is 1. The van der Waals surface area contributed by atoms with E-state index in [1.165, 1.54) is 10.9 Å². The van der Waals surface area contributed by atoms with Gasteiger partial charge in [-0.25, -0.2) is 9.37 Å².